The first-order valence-electron chi connectivity index (χ1n) is 10.5. The second kappa shape index (κ2) is 12.0. The molecular formula is C23H24Cl2N4O4S. The van der Waals surface area contributed by atoms with Crippen molar-refractivity contribution in [3.05, 3.63) is 69.0 Å². The number of amides is 3. The zero-order valence-electron chi connectivity index (χ0n) is 18.6. The number of carbonyl (C=O) groups excluding carboxylic acids is 3. The van der Waals surface area contributed by atoms with Crippen LogP contribution >= 0.6 is 34.5 Å². The Morgan fingerprint density at radius 2 is 1.97 bits per heavy atom. The number of benzene rings is 1. The SMILES string of the molecule is CC(C)CN(CC(=O)Nc1nc(CC(=O)NCc2ccco2)cs1)C(=O)c1ccc(Cl)cc1Cl. The molecule has 0 spiro atoms. The topological polar surface area (TPSA) is 105 Å². The van der Waals surface area contributed by atoms with E-state index >= 15 is 0 Å². The molecule has 2 aromatic heterocycles. The number of nitrogens with zero attached hydrogens (tertiary/aromatic N) is 2. The van der Waals surface area contributed by atoms with Crippen LogP contribution in [0.3, 0.4) is 0 Å². The number of rotatable bonds is 10. The molecule has 0 aliphatic carbocycles. The first-order valence-corrected chi connectivity index (χ1v) is 12.1. The highest BCUT2D eigenvalue weighted by atomic mass is 35.5. The van der Waals surface area contributed by atoms with Crippen LogP contribution in [0.4, 0.5) is 5.13 Å². The molecule has 0 unspecified atom stereocenters. The molecule has 0 saturated carbocycles. The molecule has 2 heterocycles. The highest BCUT2D eigenvalue weighted by Gasteiger charge is 2.22. The molecule has 3 aromatic rings. The molecule has 11 heteroatoms. The van der Waals surface area contributed by atoms with Crippen LogP contribution in [0.15, 0.2) is 46.4 Å². The van der Waals surface area contributed by atoms with Gasteiger partial charge in [0.2, 0.25) is 11.8 Å². The molecule has 34 heavy (non-hydrogen) atoms. The number of hydrogen-bond donors (Lipinski definition) is 2. The maximum Gasteiger partial charge on any atom is 0.255 e. The average molecular weight is 523 g/mol. The van der Waals surface area contributed by atoms with Gasteiger partial charge >= 0.3 is 0 Å². The minimum Gasteiger partial charge on any atom is -0.467 e. The maximum atomic E-state index is 13.0. The van der Waals surface area contributed by atoms with E-state index in [4.69, 9.17) is 27.6 Å². The van der Waals surface area contributed by atoms with Gasteiger partial charge in [0.05, 0.1) is 35.5 Å². The molecule has 3 amide bonds. The van der Waals surface area contributed by atoms with Crippen molar-refractivity contribution in [1.82, 2.24) is 15.2 Å². The van der Waals surface area contributed by atoms with Crippen LogP contribution in [0.5, 0.6) is 0 Å². The summed E-state index contributed by atoms with van der Waals surface area (Å²) >= 11 is 13.3. The quantitative estimate of drug-likeness (QED) is 0.403. The van der Waals surface area contributed by atoms with Crippen molar-refractivity contribution in [1.29, 1.82) is 0 Å². The van der Waals surface area contributed by atoms with Crippen LogP contribution in [0.1, 0.15) is 35.7 Å². The summed E-state index contributed by atoms with van der Waals surface area (Å²) in [4.78, 5) is 43.5. The molecule has 0 radical (unpaired) electrons. The predicted octanol–water partition coefficient (Wildman–Crippen LogP) is 4.64. The Labute approximate surface area is 211 Å². The van der Waals surface area contributed by atoms with E-state index in [9.17, 15) is 14.4 Å². The van der Waals surface area contributed by atoms with Gasteiger partial charge in [0.1, 0.15) is 12.3 Å². The summed E-state index contributed by atoms with van der Waals surface area (Å²) < 4.78 is 5.18. The minimum absolute atomic E-state index is 0.0695. The highest BCUT2D eigenvalue weighted by molar-refractivity contribution is 7.13. The number of thiazole rings is 1. The van der Waals surface area contributed by atoms with Crippen molar-refractivity contribution in [3.8, 4) is 0 Å². The van der Waals surface area contributed by atoms with Crippen LogP contribution in [-0.4, -0.2) is 40.7 Å². The number of hydrogen-bond acceptors (Lipinski definition) is 6. The van der Waals surface area contributed by atoms with Crippen molar-refractivity contribution < 1.29 is 18.8 Å². The summed E-state index contributed by atoms with van der Waals surface area (Å²) in [6.07, 6.45) is 1.61. The Kier molecular flexibility index (Phi) is 9.09. The van der Waals surface area contributed by atoms with Gasteiger partial charge in [-0.3, -0.25) is 14.4 Å². The maximum absolute atomic E-state index is 13.0. The Balaban J connectivity index is 1.57. The van der Waals surface area contributed by atoms with Gasteiger partial charge in [0.25, 0.3) is 5.91 Å². The second-order valence-corrected chi connectivity index (χ2v) is 9.63. The van der Waals surface area contributed by atoms with E-state index in [0.717, 1.165) is 0 Å². The van der Waals surface area contributed by atoms with Crippen LogP contribution in [0, 0.1) is 5.92 Å². The Hall–Kier alpha value is -2.88. The number of aromatic nitrogens is 1. The third kappa shape index (κ3) is 7.58. The summed E-state index contributed by atoms with van der Waals surface area (Å²) in [5, 5.41) is 8.14. The largest absolute Gasteiger partial charge is 0.467 e. The van der Waals surface area contributed by atoms with Gasteiger partial charge in [-0.2, -0.15) is 0 Å². The van der Waals surface area contributed by atoms with E-state index in [2.05, 4.69) is 15.6 Å². The van der Waals surface area contributed by atoms with Crippen LogP contribution < -0.4 is 10.6 Å². The molecule has 3 rings (SSSR count). The number of nitrogens with one attached hydrogen (secondary N) is 2. The van der Waals surface area contributed by atoms with Crippen molar-refractivity contribution >= 4 is 57.4 Å². The minimum atomic E-state index is -0.401. The van der Waals surface area contributed by atoms with Crippen molar-refractivity contribution in [2.75, 3.05) is 18.4 Å². The van der Waals surface area contributed by atoms with Gasteiger partial charge in [-0.15, -0.1) is 11.3 Å². The lowest BCUT2D eigenvalue weighted by molar-refractivity contribution is -0.120. The van der Waals surface area contributed by atoms with Crippen molar-refractivity contribution in [2.24, 2.45) is 5.92 Å². The predicted molar refractivity (Wildman–Crippen MR) is 132 cm³/mol. The molecule has 8 nitrogen and oxygen atoms in total. The average Bonchev–Trinajstić information content (AvgIpc) is 3.43. The lowest BCUT2D eigenvalue weighted by Gasteiger charge is -2.24. The fourth-order valence-corrected chi connectivity index (χ4v) is 4.31. The molecule has 0 aliphatic rings. The molecule has 0 atom stereocenters. The molecule has 0 saturated heterocycles. The lowest BCUT2D eigenvalue weighted by Crippen LogP contribution is -2.40. The van der Waals surface area contributed by atoms with Crippen LogP contribution in [0.25, 0.3) is 0 Å². The zero-order chi connectivity index (χ0) is 24.7. The summed E-state index contributed by atoms with van der Waals surface area (Å²) in [6, 6.07) is 8.13. The molecule has 0 bridgehead atoms. The fourth-order valence-electron chi connectivity index (χ4n) is 3.10. The van der Waals surface area contributed by atoms with Crippen molar-refractivity contribution in [3.63, 3.8) is 0 Å². The van der Waals surface area contributed by atoms with Crippen LogP contribution in [-0.2, 0) is 22.6 Å². The van der Waals surface area contributed by atoms with Gasteiger partial charge in [-0.05, 0) is 36.2 Å². The number of carbonyl (C=O) groups is 3. The molecule has 0 aliphatic heterocycles. The van der Waals surface area contributed by atoms with E-state index in [1.807, 2.05) is 13.8 Å². The van der Waals surface area contributed by atoms with E-state index in [1.54, 1.807) is 29.6 Å². The fraction of sp³-hybridized carbons (Fsp3) is 0.304. The molecule has 0 fully saturated rings. The summed E-state index contributed by atoms with van der Waals surface area (Å²) in [5.74, 6) is -0.192. The van der Waals surface area contributed by atoms with Crippen molar-refractivity contribution in [2.45, 2.75) is 26.8 Å². The van der Waals surface area contributed by atoms with E-state index in [-0.39, 0.29) is 47.8 Å². The smallest absolute Gasteiger partial charge is 0.255 e. The van der Waals surface area contributed by atoms with Gasteiger partial charge in [0.15, 0.2) is 5.13 Å². The van der Waals surface area contributed by atoms with Gasteiger partial charge in [0, 0.05) is 16.9 Å². The summed E-state index contributed by atoms with van der Waals surface area (Å²) in [7, 11) is 0. The molecule has 180 valence electrons. The highest BCUT2D eigenvalue weighted by Crippen LogP contribution is 2.23. The molecule has 2 N–H and O–H groups in total. The monoisotopic (exact) mass is 522 g/mol. The zero-order valence-corrected chi connectivity index (χ0v) is 21.0. The Bertz CT molecular complexity index is 1150. The third-order valence-electron chi connectivity index (χ3n) is 4.55. The van der Waals surface area contributed by atoms with E-state index in [1.165, 1.54) is 28.6 Å². The van der Waals surface area contributed by atoms with Gasteiger partial charge in [-0.1, -0.05) is 37.0 Å². The summed E-state index contributed by atoms with van der Waals surface area (Å²) in [5.41, 5.74) is 0.803. The Morgan fingerprint density at radius 3 is 2.65 bits per heavy atom. The number of anilines is 1. The third-order valence-corrected chi connectivity index (χ3v) is 5.90. The van der Waals surface area contributed by atoms with Gasteiger partial charge in [-0.25, -0.2) is 4.98 Å². The lowest BCUT2D eigenvalue weighted by atomic mass is 10.1. The molecule has 1 aromatic carbocycles. The summed E-state index contributed by atoms with van der Waals surface area (Å²) in [6.45, 7) is 4.38. The van der Waals surface area contributed by atoms with Crippen LogP contribution in [0.2, 0.25) is 10.0 Å². The van der Waals surface area contributed by atoms with E-state index in [0.29, 0.717) is 28.2 Å². The first-order chi connectivity index (χ1) is 16.2. The van der Waals surface area contributed by atoms with Gasteiger partial charge < -0.3 is 20.0 Å². The standard InChI is InChI=1S/C23H24Cl2N4O4S/c1-14(2)11-29(22(32)18-6-5-15(24)8-19(18)25)12-21(31)28-23-27-16(13-34-23)9-20(30)26-10-17-4-3-7-33-17/h3-8,13-14H,9-12H2,1-2H3,(H,26,30)(H,27,28,31). The molecular weight excluding hydrogens is 499 g/mol. The normalized spacial score (nSPS) is 10.9. The Morgan fingerprint density at radius 1 is 1.18 bits per heavy atom. The van der Waals surface area contributed by atoms with E-state index < -0.39 is 5.91 Å². The second-order valence-electron chi connectivity index (χ2n) is 7.93. The number of furan rings is 1. The number of halogens is 2. The first kappa shape index (κ1) is 25.7.